The standard InChI is InChI=1S/C20H15Cl3F3N3/c21-14-6-4-11(9-16(14)23)18-13-3-1-2-8-27-19(13)29(28-18)17-10-12(20(24,25)26)5-7-15(17)22/h4-7,9-10,27H,1-3,8H2. The summed E-state index contributed by atoms with van der Waals surface area (Å²) in [5, 5.41) is 8.90. The van der Waals surface area contributed by atoms with Gasteiger partial charge >= 0.3 is 6.18 Å². The smallest absolute Gasteiger partial charge is 0.370 e. The highest BCUT2D eigenvalue weighted by atomic mass is 35.5. The van der Waals surface area contributed by atoms with Crippen LogP contribution in [0.25, 0.3) is 16.9 Å². The molecular formula is C20H15Cl3F3N3. The number of aromatic nitrogens is 2. The highest BCUT2D eigenvalue weighted by Crippen LogP contribution is 2.39. The van der Waals surface area contributed by atoms with E-state index in [9.17, 15) is 13.2 Å². The van der Waals surface area contributed by atoms with Crippen LogP contribution < -0.4 is 5.32 Å². The lowest BCUT2D eigenvalue weighted by Crippen LogP contribution is -2.10. The van der Waals surface area contributed by atoms with Crippen molar-refractivity contribution < 1.29 is 13.2 Å². The zero-order chi connectivity index (χ0) is 20.8. The number of hydrogen-bond acceptors (Lipinski definition) is 2. The summed E-state index contributed by atoms with van der Waals surface area (Å²) < 4.78 is 41.2. The first-order chi connectivity index (χ1) is 13.8. The summed E-state index contributed by atoms with van der Waals surface area (Å²) in [6.45, 7) is 0.691. The van der Waals surface area contributed by atoms with Gasteiger partial charge in [0.05, 0.1) is 32.0 Å². The molecule has 0 bridgehead atoms. The lowest BCUT2D eigenvalue weighted by atomic mass is 10.0. The molecule has 0 spiro atoms. The molecule has 3 nitrogen and oxygen atoms in total. The van der Waals surface area contributed by atoms with Crippen LogP contribution in [0.5, 0.6) is 0 Å². The summed E-state index contributed by atoms with van der Waals surface area (Å²) in [4.78, 5) is 0. The molecule has 9 heteroatoms. The molecule has 0 unspecified atom stereocenters. The van der Waals surface area contributed by atoms with E-state index in [2.05, 4.69) is 10.4 Å². The van der Waals surface area contributed by atoms with E-state index >= 15 is 0 Å². The van der Waals surface area contributed by atoms with Gasteiger partial charge in [-0.2, -0.15) is 18.3 Å². The Balaban J connectivity index is 1.93. The molecule has 0 atom stereocenters. The van der Waals surface area contributed by atoms with Gasteiger partial charge in [-0.3, -0.25) is 0 Å². The second-order valence-electron chi connectivity index (χ2n) is 6.76. The number of alkyl halides is 3. The molecule has 0 fully saturated rings. The van der Waals surface area contributed by atoms with Crippen LogP contribution in [0.4, 0.5) is 19.0 Å². The molecule has 4 rings (SSSR count). The quantitative estimate of drug-likeness (QED) is 0.436. The predicted octanol–water partition coefficient (Wildman–Crippen LogP) is 7.27. The molecule has 0 aliphatic carbocycles. The maximum absolute atomic E-state index is 13.3. The van der Waals surface area contributed by atoms with E-state index in [4.69, 9.17) is 34.8 Å². The average Bonchev–Trinajstić information content (AvgIpc) is 2.84. The van der Waals surface area contributed by atoms with E-state index in [0.717, 1.165) is 42.5 Å². The number of nitrogens with zero attached hydrogens (tertiary/aromatic N) is 2. The van der Waals surface area contributed by atoms with Gasteiger partial charge in [-0.25, -0.2) is 4.68 Å². The summed E-state index contributed by atoms with van der Waals surface area (Å²) in [6.07, 6.45) is -1.89. The van der Waals surface area contributed by atoms with E-state index < -0.39 is 11.7 Å². The summed E-state index contributed by atoms with van der Waals surface area (Å²) >= 11 is 18.5. The summed E-state index contributed by atoms with van der Waals surface area (Å²) in [6, 6.07) is 8.38. The maximum Gasteiger partial charge on any atom is 0.416 e. The molecule has 152 valence electrons. The SMILES string of the molecule is FC(F)(F)c1ccc(Cl)c(-n2nc(-c3ccc(Cl)c(Cl)c3)c3c2NCCCC3)c1. The molecule has 0 amide bonds. The van der Waals surface area contributed by atoms with Crippen molar-refractivity contribution in [3.05, 3.63) is 62.6 Å². The first-order valence-electron chi connectivity index (χ1n) is 8.94. The zero-order valence-corrected chi connectivity index (χ0v) is 17.2. The molecule has 1 aliphatic rings. The van der Waals surface area contributed by atoms with Crippen molar-refractivity contribution in [2.24, 2.45) is 0 Å². The molecule has 2 aromatic carbocycles. The third kappa shape index (κ3) is 3.93. The number of benzene rings is 2. The third-order valence-corrected chi connectivity index (χ3v) is 5.88. The van der Waals surface area contributed by atoms with Crippen molar-refractivity contribution in [2.75, 3.05) is 11.9 Å². The van der Waals surface area contributed by atoms with Crippen LogP contribution in [0.2, 0.25) is 15.1 Å². The number of hydrogen-bond donors (Lipinski definition) is 1. The maximum atomic E-state index is 13.3. The average molecular weight is 461 g/mol. The van der Waals surface area contributed by atoms with E-state index in [0.29, 0.717) is 28.1 Å². The zero-order valence-electron chi connectivity index (χ0n) is 15.0. The molecule has 3 aromatic rings. The number of halogens is 6. The summed E-state index contributed by atoms with van der Waals surface area (Å²) in [5.74, 6) is 0.643. The van der Waals surface area contributed by atoms with Crippen molar-refractivity contribution >= 4 is 40.6 Å². The van der Waals surface area contributed by atoms with Gasteiger partial charge in [-0.1, -0.05) is 40.9 Å². The van der Waals surface area contributed by atoms with Gasteiger partial charge in [0.25, 0.3) is 0 Å². The number of rotatable bonds is 2. The van der Waals surface area contributed by atoms with Gasteiger partial charge in [0.15, 0.2) is 0 Å². The van der Waals surface area contributed by atoms with Crippen molar-refractivity contribution in [1.29, 1.82) is 0 Å². The number of nitrogens with one attached hydrogen (secondary N) is 1. The molecule has 0 saturated heterocycles. The summed E-state index contributed by atoms with van der Waals surface area (Å²) in [7, 11) is 0. The molecular weight excluding hydrogens is 446 g/mol. The molecule has 2 heterocycles. The van der Waals surface area contributed by atoms with Crippen LogP contribution in [0.3, 0.4) is 0 Å². The van der Waals surface area contributed by atoms with E-state index in [1.807, 2.05) is 0 Å². The molecule has 1 aromatic heterocycles. The van der Waals surface area contributed by atoms with Gasteiger partial charge in [0.1, 0.15) is 5.82 Å². The fourth-order valence-electron chi connectivity index (χ4n) is 3.40. The Morgan fingerprint density at radius 3 is 2.41 bits per heavy atom. The Labute approximate surface area is 180 Å². The molecule has 0 radical (unpaired) electrons. The van der Waals surface area contributed by atoms with Crippen molar-refractivity contribution in [2.45, 2.75) is 25.4 Å². The first kappa shape index (κ1) is 20.4. The van der Waals surface area contributed by atoms with Crippen molar-refractivity contribution in [3.63, 3.8) is 0 Å². The summed E-state index contributed by atoms with van der Waals surface area (Å²) in [5.41, 5.74) is 1.67. The molecule has 1 aliphatic heterocycles. The highest BCUT2D eigenvalue weighted by molar-refractivity contribution is 6.42. The number of fused-ring (bicyclic) bond motifs is 1. The molecule has 0 saturated carbocycles. The van der Waals surface area contributed by atoms with Crippen LogP contribution in [0.1, 0.15) is 24.0 Å². The fourth-order valence-corrected chi connectivity index (χ4v) is 3.90. The van der Waals surface area contributed by atoms with Gasteiger partial charge in [0.2, 0.25) is 0 Å². The van der Waals surface area contributed by atoms with E-state index in [1.165, 1.54) is 10.7 Å². The lowest BCUT2D eigenvalue weighted by Gasteiger charge is -2.13. The van der Waals surface area contributed by atoms with Gasteiger partial charge in [0, 0.05) is 17.7 Å². The molecule has 29 heavy (non-hydrogen) atoms. The number of anilines is 1. The largest absolute Gasteiger partial charge is 0.416 e. The van der Waals surface area contributed by atoms with Gasteiger partial charge in [-0.15, -0.1) is 0 Å². The minimum Gasteiger partial charge on any atom is -0.370 e. The van der Waals surface area contributed by atoms with Gasteiger partial charge < -0.3 is 5.32 Å². The Kier molecular flexibility index (Phi) is 5.44. The monoisotopic (exact) mass is 459 g/mol. The van der Waals surface area contributed by atoms with Gasteiger partial charge in [-0.05, 0) is 49.6 Å². The second-order valence-corrected chi connectivity index (χ2v) is 7.99. The normalized spacial score (nSPS) is 14.3. The fraction of sp³-hybridized carbons (Fsp3) is 0.250. The minimum absolute atomic E-state index is 0.165. The molecule has 1 N–H and O–H groups in total. The Hall–Kier alpha value is -1.89. The Morgan fingerprint density at radius 2 is 1.69 bits per heavy atom. The van der Waals surface area contributed by atoms with Crippen LogP contribution in [0.15, 0.2) is 36.4 Å². The van der Waals surface area contributed by atoms with Crippen molar-refractivity contribution in [3.8, 4) is 16.9 Å². The van der Waals surface area contributed by atoms with Crippen molar-refractivity contribution in [1.82, 2.24) is 9.78 Å². The third-order valence-electron chi connectivity index (χ3n) is 4.82. The van der Waals surface area contributed by atoms with Crippen LogP contribution in [-0.4, -0.2) is 16.3 Å². The van der Waals surface area contributed by atoms with Crippen LogP contribution in [0, 0.1) is 0 Å². The highest BCUT2D eigenvalue weighted by Gasteiger charge is 2.32. The minimum atomic E-state index is -4.48. The Bertz CT molecular complexity index is 1080. The predicted molar refractivity (Wildman–Crippen MR) is 110 cm³/mol. The van der Waals surface area contributed by atoms with Crippen LogP contribution >= 0.6 is 34.8 Å². The second kappa shape index (κ2) is 7.74. The first-order valence-corrected chi connectivity index (χ1v) is 10.1. The van der Waals surface area contributed by atoms with E-state index in [-0.39, 0.29) is 10.7 Å². The van der Waals surface area contributed by atoms with E-state index in [1.54, 1.807) is 18.2 Å². The Morgan fingerprint density at radius 1 is 0.931 bits per heavy atom. The topological polar surface area (TPSA) is 29.9 Å². The lowest BCUT2D eigenvalue weighted by molar-refractivity contribution is -0.137. The van der Waals surface area contributed by atoms with Crippen LogP contribution in [-0.2, 0) is 12.6 Å².